The van der Waals surface area contributed by atoms with E-state index in [9.17, 15) is 4.79 Å². The van der Waals surface area contributed by atoms with Crippen molar-refractivity contribution in [3.05, 3.63) is 24.3 Å². The fourth-order valence-electron chi connectivity index (χ4n) is 3.88. The Bertz CT molecular complexity index is 441. The lowest BCUT2D eigenvalue weighted by molar-refractivity contribution is -0.151. The van der Waals surface area contributed by atoms with E-state index in [-0.39, 0.29) is 5.97 Å². The maximum absolute atomic E-state index is 11.6. The summed E-state index contributed by atoms with van der Waals surface area (Å²) in [6.45, 7) is 12.8. The molecule has 0 heterocycles. The number of carbonyl (C=O) groups excluding carboxylic acids is 1. The molecule has 0 N–H and O–H groups in total. The number of hydrogen-bond acceptors (Lipinski definition) is 2. The average molecular weight is 290 g/mol. The van der Waals surface area contributed by atoms with Crippen LogP contribution < -0.4 is 0 Å². The van der Waals surface area contributed by atoms with Crippen molar-refractivity contribution in [1.29, 1.82) is 0 Å². The van der Waals surface area contributed by atoms with Gasteiger partial charge in [0.05, 0.1) is 5.41 Å². The normalized spacial score (nSPS) is 32.1. The third-order valence-corrected chi connectivity index (χ3v) is 5.48. The van der Waals surface area contributed by atoms with Crippen molar-refractivity contribution in [3.8, 4) is 0 Å². The summed E-state index contributed by atoms with van der Waals surface area (Å²) in [4.78, 5) is 11.6. The highest BCUT2D eigenvalue weighted by Gasteiger charge is 2.49. The third kappa shape index (κ3) is 3.41. The van der Waals surface area contributed by atoms with Crippen LogP contribution in [-0.2, 0) is 9.53 Å². The van der Waals surface area contributed by atoms with Crippen molar-refractivity contribution >= 4 is 5.97 Å². The fourth-order valence-corrected chi connectivity index (χ4v) is 3.88. The van der Waals surface area contributed by atoms with Gasteiger partial charge in [-0.2, -0.15) is 0 Å². The molecular formula is C19H30O2. The van der Waals surface area contributed by atoms with E-state index >= 15 is 0 Å². The third-order valence-electron chi connectivity index (χ3n) is 5.48. The number of ether oxygens (including phenoxy) is 1. The van der Waals surface area contributed by atoms with Crippen LogP contribution >= 0.6 is 0 Å². The van der Waals surface area contributed by atoms with Crippen LogP contribution in [0.15, 0.2) is 24.3 Å². The van der Waals surface area contributed by atoms with Crippen molar-refractivity contribution in [2.24, 2.45) is 22.7 Å². The molecule has 2 fully saturated rings. The molecule has 0 saturated heterocycles. The van der Waals surface area contributed by atoms with Gasteiger partial charge in [0.1, 0.15) is 6.61 Å². The molecule has 118 valence electrons. The summed E-state index contributed by atoms with van der Waals surface area (Å²) in [5, 5.41) is 0. The van der Waals surface area contributed by atoms with Crippen LogP contribution in [0.25, 0.3) is 0 Å². The Kier molecular flexibility index (Phi) is 4.65. The topological polar surface area (TPSA) is 26.3 Å². The molecule has 2 saturated carbocycles. The lowest BCUT2D eigenvalue weighted by atomic mass is 9.69. The van der Waals surface area contributed by atoms with E-state index < -0.39 is 5.41 Å². The minimum atomic E-state index is -0.415. The Balaban J connectivity index is 1.71. The molecule has 0 aromatic heterocycles. The zero-order chi connectivity index (χ0) is 15.7. The van der Waals surface area contributed by atoms with Crippen molar-refractivity contribution in [3.63, 3.8) is 0 Å². The molecular weight excluding hydrogens is 260 g/mol. The number of hydrogen-bond donors (Lipinski definition) is 0. The van der Waals surface area contributed by atoms with Crippen molar-refractivity contribution < 1.29 is 9.53 Å². The largest absolute Gasteiger partial charge is 0.461 e. The molecule has 0 radical (unpaired) electrons. The first-order chi connectivity index (χ1) is 9.75. The van der Waals surface area contributed by atoms with Gasteiger partial charge in [0.2, 0.25) is 0 Å². The maximum Gasteiger partial charge on any atom is 0.311 e. The summed E-state index contributed by atoms with van der Waals surface area (Å²) in [5.41, 5.74) is 1.42. The zero-order valence-electron chi connectivity index (χ0n) is 14.1. The van der Waals surface area contributed by atoms with Gasteiger partial charge in [-0.1, -0.05) is 31.2 Å². The van der Waals surface area contributed by atoms with Gasteiger partial charge in [-0.3, -0.25) is 4.79 Å². The molecule has 2 bridgehead atoms. The minimum absolute atomic E-state index is 0.138. The highest BCUT2D eigenvalue weighted by Crippen LogP contribution is 2.60. The summed E-state index contributed by atoms with van der Waals surface area (Å²) in [7, 11) is 0. The highest BCUT2D eigenvalue weighted by molar-refractivity contribution is 5.75. The van der Waals surface area contributed by atoms with Crippen molar-refractivity contribution in [1.82, 2.24) is 0 Å². The van der Waals surface area contributed by atoms with Gasteiger partial charge in [-0.15, -0.1) is 0 Å². The Morgan fingerprint density at radius 2 is 2.10 bits per heavy atom. The van der Waals surface area contributed by atoms with E-state index in [2.05, 4.69) is 19.6 Å². The second-order valence-electron chi connectivity index (χ2n) is 8.01. The van der Waals surface area contributed by atoms with Crippen molar-refractivity contribution in [2.45, 2.75) is 59.8 Å². The molecule has 0 aromatic carbocycles. The van der Waals surface area contributed by atoms with E-state index in [1.54, 1.807) is 0 Å². The average Bonchev–Trinajstić information content (AvgIpc) is 2.96. The molecule has 2 heteroatoms. The molecule has 2 aliphatic rings. The highest BCUT2D eigenvalue weighted by atomic mass is 16.5. The number of esters is 1. The molecule has 2 aliphatic carbocycles. The number of carbonyl (C=O) groups is 1. The van der Waals surface area contributed by atoms with Crippen LogP contribution in [0.4, 0.5) is 0 Å². The SMILES string of the molecule is C=C1C2CCC(C2)C1(C)CC/C=C\COC(=O)C(C)(C)C. The van der Waals surface area contributed by atoms with E-state index in [4.69, 9.17) is 4.74 Å². The van der Waals surface area contributed by atoms with Gasteiger partial charge in [0.25, 0.3) is 0 Å². The summed E-state index contributed by atoms with van der Waals surface area (Å²) in [5.74, 6) is 1.50. The van der Waals surface area contributed by atoms with Gasteiger partial charge >= 0.3 is 5.97 Å². The maximum atomic E-state index is 11.6. The smallest absolute Gasteiger partial charge is 0.311 e. The van der Waals surface area contributed by atoms with E-state index in [1.807, 2.05) is 26.8 Å². The molecule has 21 heavy (non-hydrogen) atoms. The van der Waals surface area contributed by atoms with Crippen LogP contribution in [0.5, 0.6) is 0 Å². The van der Waals surface area contributed by atoms with Crippen LogP contribution in [0.3, 0.4) is 0 Å². The molecule has 0 amide bonds. The lowest BCUT2D eigenvalue weighted by Crippen LogP contribution is -2.26. The predicted octanol–water partition coefficient (Wildman–Crippen LogP) is 4.90. The molecule has 2 nitrogen and oxygen atoms in total. The quantitative estimate of drug-likeness (QED) is 0.531. The number of rotatable bonds is 5. The standard InChI is InChI=1S/C19H30O2/c1-14-15-9-10-16(13-15)19(14,5)11-7-6-8-12-21-17(20)18(2,3)4/h6,8,15-16H,1,7,9-13H2,2-5H3/b8-6-. The Labute approximate surface area is 129 Å². The Hall–Kier alpha value is -1.05. The zero-order valence-corrected chi connectivity index (χ0v) is 14.1. The van der Waals surface area contributed by atoms with Crippen molar-refractivity contribution in [2.75, 3.05) is 6.61 Å². The fraction of sp³-hybridized carbons (Fsp3) is 0.737. The second-order valence-corrected chi connectivity index (χ2v) is 8.01. The summed E-state index contributed by atoms with van der Waals surface area (Å²) < 4.78 is 5.23. The molecule has 3 atom stereocenters. The van der Waals surface area contributed by atoms with Crippen LogP contribution in [0.2, 0.25) is 0 Å². The van der Waals surface area contributed by atoms with Gasteiger partial charge in [0.15, 0.2) is 0 Å². The number of fused-ring (bicyclic) bond motifs is 2. The molecule has 0 aromatic rings. The summed E-state index contributed by atoms with van der Waals surface area (Å²) in [6.07, 6.45) is 10.5. The summed E-state index contributed by atoms with van der Waals surface area (Å²) >= 11 is 0. The van der Waals surface area contributed by atoms with E-state index in [0.717, 1.165) is 18.3 Å². The monoisotopic (exact) mass is 290 g/mol. The predicted molar refractivity (Wildman–Crippen MR) is 86.9 cm³/mol. The molecule has 0 aliphatic heterocycles. The van der Waals surface area contributed by atoms with Crippen LogP contribution in [-0.4, -0.2) is 12.6 Å². The van der Waals surface area contributed by atoms with Crippen LogP contribution in [0.1, 0.15) is 59.8 Å². The molecule has 3 unspecified atom stereocenters. The van der Waals surface area contributed by atoms with Gasteiger partial charge in [-0.25, -0.2) is 0 Å². The van der Waals surface area contributed by atoms with Gasteiger partial charge < -0.3 is 4.74 Å². The summed E-state index contributed by atoms with van der Waals surface area (Å²) in [6, 6.07) is 0. The van der Waals surface area contributed by atoms with Crippen LogP contribution in [0, 0.1) is 22.7 Å². The second kappa shape index (κ2) is 5.98. The van der Waals surface area contributed by atoms with E-state index in [1.165, 1.54) is 31.3 Å². The Morgan fingerprint density at radius 3 is 2.67 bits per heavy atom. The Morgan fingerprint density at radius 1 is 1.38 bits per heavy atom. The first-order valence-corrected chi connectivity index (χ1v) is 8.26. The molecule has 0 spiro atoms. The lowest BCUT2D eigenvalue weighted by Gasteiger charge is -2.36. The number of allylic oxidation sites excluding steroid dienone is 2. The minimum Gasteiger partial charge on any atom is -0.461 e. The first kappa shape index (κ1) is 16.3. The van der Waals surface area contributed by atoms with Gasteiger partial charge in [-0.05, 0) is 70.1 Å². The van der Waals surface area contributed by atoms with E-state index in [0.29, 0.717) is 12.0 Å². The first-order valence-electron chi connectivity index (χ1n) is 8.26. The van der Waals surface area contributed by atoms with Gasteiger partial charge in [0, 0.05) is 0 Å². The molecule has 2 rings (SSSR count).